The van der Waals surface area contributed by atoms with Crippen molar-refractivity contribution in [1.82, 2.24) is 4.90 Å². The lowest BCUT2D eigenvalue weighted by atomic mass is 10.1. The van der Waals surface area contributed by atoms with Crippen molar-refractivity contribution in [2.75, 3.05) is 14.2 Å². The maximum atomic E-state index is 13.3. The molecule has 0 aliphatic heterocycles. The minimum absolute atomic E-state index is 0.139. The van der Waals surface area contributed by atoms with Crippen molar-refractivity contribution in [2.24, 2.45) is 0 Å². The second-order valence-electron chi connectivity index (χ2n) is 7.14. The third kappa shape index (κ3) is 6.15. The van der Waals surface area contributed by atoms with Crippen molar-refractivity contribution in [1.29, 1.82) is 0 Å². The van der Waals surface area contributed by atoms with E-state index in [1.165, 1.54) is 12.1 Å². The molecule has 1 unspecified atom stereocenters. The average molecular weight is 421 g/mol. The van der Waals surface area contributed by atoms with Crippen LogP contribution < -0.4 is 14.2 Å². The summed E-state index contributed by atoms with van der Waals surface area (Å²) in [6.07, 6.45) is -0.693. The summed E-state index contributed by atoms with van der Waals surface area (Å²) in [5, 5.41) is 9.44. The molecule has 1 amide bonds. The molecule has 0 saturated carbocycles. The van der Waals surface area contributed by atoms with E-state index >= 15 is 0 Å². The molecule has 0 bridgehead atoms. The summed E-state index contributed by atoms with van der Waals surface area (Å²) in [5.74, 6) is 2.06. The number of phenols is 1. The smallest absolute Gasteiger partial charge is 0.263 e. The number of methoxy groups -OCH3 is 2. The van der Waals surface area contributed by atoms with Crippen molar-refractivity contribution in [3.8, 4) is 23.0 Å². The van der Waals surface area contributed by atoms with Gasteiger partial charge in [-0.25, -0.2) is 0 Å². The predicted molar refractivity (Wildman–Crippen MR) is 118 cm³/mol. The van der Waals surface area contributed by atoms with Gasteiger partial charge in [0.05, 0.1) is 14.2 Å². The number of phenolic OH excluding ortho intramolecular Hbond substituents is 1. The number of rotatable bonds is 9. The largest absolute Gasteiger partial charge is 0.508 e. The van der Waals surface area contributed by atoms with E-state index in [9.17, 15) is 9.90 Å². The molecule has 6 nitrogen and oxygen atoms in total. The van der Waals surface area contributed by atoms with Crippen molar-refractivity contribution in [3.05, 3.63) is 83.9 Å². The molecule has 162 valence electrons. The summed E-state index contributed by atoms with van der Waals surface area (Å²) in [4.78, 5) is 15.0. The molecule has 3 aromatic rings. The van der Waals surface area contributed by atoms with Crippen LogP contribution in [0.25, 0.3) is 0 Å². The first-order valence-corrected chi connectivity index (χ1v) is 9.99. The number of nitrogens with zero attached hydrogens (tertiary/aromatic N) is 1. The minimum atomic E-state index is -0.693. The van der Waals surface area contributed by atoms with Crippen LogP contribution in [0, 0.1) is 0 Å². The van der Waals surface area contributed by atoms with E-state index in [-0.39, 0.29) is 11.7 Å². The molecule has 0 aliphatic rings. The van der Waals surface area contributed by atoms with Crippen LogP contribution in [0.1, 0.15) is 18.1 Å². The first kappa shape index (κ1) is 22.0. The Bertz CT molecular complexity index is 919. The van der Waals surface area contributed by atoms with Gasteiger partial charge in [0.15, 0.2) is 6.10 Å². The SMILES string of the molecule is COc1ccc(CN(Cc2ccc(OC)cc2)C(=O)C(C)Oc2ccc(O)cc2)cc1. The highest BCUT2D eigenvalue weighted by Crippen LogP contribution is 2.20. The molecule has 0 heterocycles. The van der Waals surface area contributed by atoms with Gasteiger partial charge in [0.2, 0.25) is 0 Å². The molecule has 3 aromatic carbocycles. The lowest BCUT2D eigenvalue weighted by Crippen LogP contribution is -2.39. The van der Waals surface area contributed by atoms with E-state index in [4.69, 9.17) is 14.2 Å². The number of ether oxygens (including phenoxy) is 3. The summed E-state index contributed by atoms with van der Waals surface area (Å²) in [5.41, 5.74) is 1.97. The Morgan fingerprint density at radius 2 is 1.19 bits per heavy atom. The van der Waals surface area contributed by atoms with Crippen LogP contribution in [-0.2, 0) is 17.9 Å². The number of benzene rings is 3. The third-order valence-electron chi connectivity index (χ3n) is 4.87. The summed E-state index contributed by atoms with van der Waals surface area (Å²) in [7, 11) is 3.24. The fourth-order valence-corrected chi connectivity index (χ4v) is 3.15. The number of hydrogen-bond acceptors (Lipinski definition) is 5. The molecule has 0 aromatic heterocycles. The van der Waals surface area contributed by atoms with E-state index in [0.717, 1.165) is 22.6 Å². The fourth-order valence-electron chi connectivity index (χ4n) is 3.15. The normalized spacial score (nSPS) is 11.5. The van der Waals surface area contributed by atoms with Gasteiger partial charge in [0.1, 0.15) is 23.0 Å². The molecular formula is C25H27NO5. The fraction of sp³-hybridized carbons (Fsp3) is 0.240. The van der Waals surface area contributed by atoms with Gasteiger partial charge in [0, 0.05) is 13.1 Å². The highest BCUT2D eigenvalue weighted by atomic mass is 16.5. The minimum Gasteiger partial charge on any atom is -0.508 e. The van der Waals surface area contributed by atoms with Crippen LogP contribution in [0.15, 0.2) is 72.8 Å². The third-order valence-corrected chi connectivity index (χ3v) is 4.87. The summed E-state index contributed by atoms with van der Waals surface area (Å²) >= 11 is 0. The van der Waals surface area contributed by atoms with Gasteiger partial charge in [0.25, 0.3) is 5.91 Å². The zero-order valence-electron chi connectivity index (χ0n) is 17.9. The molecule has 1 N–H and O–H groups in total. The first-order valence-electron chi connectivity index (χ1n) is 9.99. The van der Waals surface area contributed by atoms with Gasteiger partial charge in [-0.1, -0.05) is 24.3 Å². The summed E-state index contributed by atoms with van der Waals surface area (Å²) in [6.45, 7) is 2.58. The molecule has 0 saturated heterocycles. The molecule has 0 aliphatic carbocycles. The van der Waals surface area contributed by atoms with Crippen molar-refractivity contribution in [3.63, 3.8) is 0 Å². The number of aromatic hydroxyl groups is 1. The van der Waals surface area contributed by atoms with Gasteiger partial charge < -0.3 is 24.2 Å². The van der Waals surface area contributed by atoms with E-state index in [1.807, 2.05) is 48.5 Å². The van der Waals surface area contributed by atoms with Crippen LogP contribution in [0.2, 0.25) is 0 Å². The standard InChI is InChI=1S/C25H27NO5/c1-18(31-24-14-8-21(27)9-15-24)25(28)26(16-19-4-10-22(29-2)11-5-19)17-20-6-12-23(30-3)13-7-20/h4-15,18,27H,16-17H2,1-3H3. The van der Waals surface area contributed by atoms with Crippen LogP contribution in [0.4, 0.5) is 0 Å². The van der Waals surface area contributed by atoms with Crippen molar-refractivity contribution < 1.29 is 24.1 Å². The Kier molecular flexibility index (Phi) is 7.38. The maximum absolute atomic E-state index is 13.3. The average Bonchev–Trinajstić information content (AvgIpc) is 2.80. The van der Waals surface area contributed by atoms with Gasteiger partial charge in [-0.05, 0) is 66.6 Å². The van der Waals surface area contributed by atoms with E-state index in [0.29, 0.717) is 18.8 Å². The van der Waals surface area contributed by atoms with Crippen molar-refractivity contribution in [2.45, 2.75) is 26.1 Å². The van der Waals surface area contributed by atoms with Crippen molar-refractivity contribution >= 4 is 5.91 Å². The molecule has 0 spiro atoms. The Hall–Kier alpha value is -3.67. The Morgan fingerprint density at radius 1 is 0.774 bits per heavy atom. The lowest BCUT2D eigenvalue weighted by molar-refractivity contribution is -0.139. The van der Waals surface area contributed by atoms with E-state index in [1.54, 1.807) is 38.2 Å². The molecule has 0 fully saturated rings. The van der Waals surface area contributed by atoms with E-state index in [2.05, 4.69) is 0 Å². The Morgan fingerprint density at radius 3 is 1.61 bits per heavy atom. The van der Waals surface area contributed by atoms with Crippen LogP contribution in [0.3, 0.4) is 0 Å². The molecular weight excluding hydrogens is 394 g/mol. The zero-order valence-corrected chi connectivity index (χ0v) is 17.9. The molecule has 31 heavy (non-hydrogen) atoms. The summed E-state index contributed by atoms with van der Waals surface area (Å²) < 4.78 is 16.3. The highest BCUT2D eigenvalue weighted by Gasteiger charge is 2.23. The van der Waals surface area contributed by atoms with Gasteiger partial charge in [-0.2, -0.15) is 0 Å². The molecule has 0 radical (unpaired) electrons. The number of amides is 1. The second-order valence-corrected chi connectivity index (χ2v) is 7.14. The van der Waals surface area contributed by atoms with Gasteiger partial charge in [-0.15, -0.1) is 0 Å². The first-order chi connectivity index (χ1) is 15.0. The predicted octanol–water partition coefficient (Wildman–Crippen LogP) is 4.41. The van der Waals surface area contributed by atoms with Crippen LogP contribution >= 0.6 is 0 Å². The topological polar surface area (TPSA) is 68.2 Å². The highest BCUT2D eigenvalue weighted by molar-refractivity contribution is 5.81. The van der Waals surface area contributed by atoms with Gasteiger partial charge in [-0.3, -0.25) is 4.79 Å². The second kappa shape index (κ2) is 10.4. The molecule has 3 rings (SSSR count). The molecule has 1 atom stereocenters. The quantitative estimate of drug-likeness (QED) is 0.554. The Labute approximate surface area is 182 Å². The Balaban J connectivity index is 1.77. The molecule has 6 heteroatoms. The number of hydrogen-bond donors (Lipinski definition) is 1. The zero-order chi connectivity index (χ0) is 22.2. The number of carbonyl (C=O) groups excluding carboxylic acids is 1. The number of carbonyl (C=O) groups is 1. The summed E-state index contributed by atoms with van der Waals surface area (Å²) in [6, 6.07) is 21.6. The van der Waals surface area contributed by atoms with Crippen LogP contribution in [0.5, 0.6) is 23.0 Å². The van der Waals surface area contributed by atoms with Gasteiger partial charge >= 0.3 is 0 Å². The monoisotopic (exact) mass is 421 g/mol. The van der Waals surface area contributed by atoms with E-state index < -0.39 is 6.10 Å². The lowest BCUT2D eigenvalue weighted by Gasteiger charge is -2.26. The van der Waals surface area contributed by atoms with Crippen LogP contribution in [-0.4, -0.2) is 36.2 Å². The maximum Gasteiger partial charge on any atom is 0.263 e.